The maximum Gasteiger partial charge on any atom is 0.140 e. The Morgan fingerprint density at radius 2 is 1.95 bits per heavy atom. The number of nitrogens with zero attached hydrogens (tertiary/aromatic N) is 1. The van der Waals surface area contributed by atoms with Crippen LogP contribution in [0.15, 0.2) is 18.2 Å². The Morgan fingerprint density at radius 1 is 1.20 bits per heavy atom. The van der Waals surface area contributed by atoms with Crippen LogP contribution in [-0.4, -0.2) is 6.54 Å². The molecule has 0 unspecified atom stereocenters. The van der Waals surface area contributed by atoms with Crippen LogP contribution < -0.4 is 5.32 Å². The molecule has 0 bridgehead atoms. The van der Waals surface area contributed by atoms with Crippen molar-refractivity contribution in [1.29, 1.82) is 5.26 Å². The van der Waals surface area contributed by atoms with Gasteiger partial charge < -0.3 is 5.32 Å². The molecule has 0 aliphatic rings. The molecule has 1 aromatic rings. The molecule has 0 aliphatic heterocycles. The lowest BCUT2D eigenvalue weighted by Crippen LogP contribution is -2.14. The van der Waals surface area contributed by atoms with E-state index in [1.165, 1.54) is 38.2 Å². The average Bonchev–Trinajstić information content (AvgIpc) is 2.43. The highest BCUT2D eigenvalue weighted by atomic mass is 19.1. The van der Waals surface area contributed by atoms with Crippen LogP contribution in [-0.2, 0) is 6.54 Å². The predicted octanol–water partition coefficient (Wildman–Crippen LogP) is 4.39. The minimum Gasteiger partial charge on any atom is -0.313 e. The molecule has 0 spiro atoms. The first-order valence-corrected chi connectivity index (χ1v) is 7.52. The SMILES string of the molecule is CC(C)CCCCCCNCc1ccc(F)c(C#N)c1. The molecule has 0 fully saturated rings. The van der Waals surface area contributed by atoms with Crippen LogP contribution in [0, 0.1) is 23.1 Å². The molecule has 1 aromatic carbocycles. The van der Waals surface area contributed by atoms with Gasteiger partial charge in [-0.1, -0.05) is 45.6 Å². The van der Waals surface area contributed by atoms with Crippen LogP contribution in [0.25, 0.3) is 0 Å². The number of nitrogens with one attached hydrogen (secondary N) is 1. The molecule has 3 heteroatoms. The maximum atomic E-state index is 13.1. The molecule has 0 heterocycles. The fourth-order valence-electron chi connectivity index (χ4n) is 2.16. The zero-order valence-electron chi connectivity index (χ0n) is 12.6. The standard InChI is InChI=1S/C17H25FN2/c1-14(2)7-5-3-4-6-10-20-13-15-8-9-17(18)16(11-15)12-19/h8-9,11,14,20H,3-7,10,13H2,1-2H3. The van der Waals surface area contributed by atoms with Gasteiger partial charge in [0.2, 0.25) is 0 Å². The number of nitriles is 1. The van der Waals surface area contributed by atoms with E-state index in [9.17, 15) is 4.39 Å². The lowest BCUT2D eigenvalue weighted by Gasteiger charge is -2.06. The summed E-state index contributed by atoms with van der Waals surface area (Å²) < 4.78 is 13.1. The van der Waals surface area contributed by atoms with Gasteiger partial charge in [-0.25, -0.2) is 4.39 Å². The van der Waals surface area contributed by atoms with Crippen molar-refractivity contribution in [3.8, 4) is 6.07 Å². The van der Waals surface area contributed by atoms with Crippen molar-refractivity contribution in [1.82, 2.24) is 5.32 Å². The highest BCUT2D eigenvalue weighted by molar-refractivity contribution is 5.34. The normalized spacial score (nSPS) is 10.8. The van der Waals surface area contributed by atoms with Gasteiger partial charge in [-0.05, 0) is 36.6 Å². The molecular weight excluding hydrogens is 251 g/mol. The zero-order chi connectivity index (χ0) is 14.8. The maximum absolute atomic E-state index is 13.1. The van der Waals surface area contributed by atoms with Crippen molar-refractivity contribution in [2.45, 2.75) is 52.5 Å². The van der Waals surface area contributed by atoms with E-state index in [0.717, 1.165) is 18.0 Å². The van der Waals surface area contributed by atoms with Gasteiger partial charge >= 0.3 is 0 Å². The largest absolute Gasteiger partial charge is 0.313 e. The Morgan fingerprint density at radius 3 is 2.65 bits per heavy atom. The Hall–Kier alpha value is -1.40. The van der Waals surface area contributed by atoms with E-state index in [2.05, 4.69) is 19.2 Å². The zero-order valence-corrected chi connectivity index (χ0v) is 12.6. The summed E-state index contributed by atoms with van der Waals surface area (Å²) in [4.78, 5) is 0. The van der Waals surface area contributed by atoms with Crippen LogP contribution in [0.3, 0.4) is 0 Å². The minimum absolute atomic E-state index is 0.123. The number of halogens is 1. The topological polar surface area (TPSA) is 35.8 Å². The first-order valence-electron chi connectivity index (χ1n) is 7.52. The highest BCUT2D eigenvalue weighted by Gasteiger charge is 2.02. The summed E-state index contributed by atoms with van der Waals surface area (Å²) in [5.74, 6) is 0.363. The second-order valence-electron chi connectivity index (χ2n) is 5.70. The van der Waals surface area contributed by atoms with E-state index in [1.54, 1.807) is 12.1 Å². The molecule has 0 aliphatic carbocycles. The van der Waals surface area contributed by atoms with E-state index in [-0.39, 0.29) is 5.56 Å². The van der Waals surface area contributed by atoms with Gasteiger partial charge in [0, 0.05) is 6.54 Å². The molecular formula is C17H25FN2. The van der Waals surface area contributed by atoms with Crippen LogP contribution in [0.1, 0.15) is 57.1 Å². The lowest BCUT2D eigenvalue weighted by atomic mass is 10.0. The highest BCUT2D eigenvalue weighted by Crippen LogP contribution is 2.10. The van der Waals surface area contributed by atoms with Crippen LogP contribution in [0.2, 0.25) is 0 Å². The predicted molar refractivity (Wildman–Crippen MR) is 80.7 cm³/mol. The van der Waals surface area contributed by atoms with Gasteiger partial charge in [-0.15, -0.1) is 0 Å². The molecule has 0 amide bonds. The summed E-state index contributed by atoms with van der Waals surface area (Å²) in [6.45, 7) is 6.20. The molecule has 2 nitrogen and oxygen atoms in total. The second kappa shape index (κ2) is 9.50. The first kappa shape index (κ1) is 16.7. The molecule has 0 saturated carbocycles. The number of benzene rings is 1. The van der Waals surface area contributed by atoms with E-state index < -0.39 is 5.82 Å². The lowest BCUT2D eigenvalue weighted by molar-refractivity contribution is 0.512. The Labute approximate surface area is 122 Å². The van der Waals surface area contributed by atoms with Crippen molar-refractivity contribution < 1.29 is 4.39 Å². The van der Waals surface area contributed by atoms with Gasteiger partial charge in [-0.2, -0.15) is 5.26 Å². The smallest absolute Gasteiger partial charge is 0.140 e. The Bertz CT molecular complexity index is 435. The molecule has 110 valence electrons. The monoisotopic (exact) mass is 276 g/mol. The van der Waals surface area contributed by atoms with Crippen molar-refractivity contribution in [3.63, 3.8) is 0 Å². The van der Waals surface area contributed by atoms with Crippen molar-refractivity contribution >= 4 is 0 Å². The van der Waals surface area contributed by atoms with Gasteiger partial charge in [0.1, 0.15) is 11.9 Å². The average molecular weight is 276 g/mol. The molecule has 0 radical (unpaired) electrons. The number of hydrogen-bond acceptors (Lipinski definition) is 2. The summed E-state index contributed by atoms with van der Waals surface area (Å²) in [6.07, 6.45) is 6.37. The Kier molecular flexibility index (Phi) is 7.91. The van der Waals surface area contributed by atoms with Crippen LogP contribution in [0.4, 0.5) is 4.39 Å². The van der Waals surface area contributed by atoms with Crippen molar-refractivity contribution in [2.24, 2.45) is 5.92 Å². The third-order valence-corrected chi connectivity index (χ3v) is 3.37. The quantitative estimate of drug-likeness (QED) is 0.679. The first-order chi connectivity index (χ1) is 9.63. The summed E-state index contributed by atoms with van der Waals surface area (Å²) in [6, 6.07) is 6.57. The summed E-state index contributed by atoms with van der Waals surface area (Å²) >= 11 is 0. The van der Waals surface area contributed by atoms with Crippen LogP contribution in [0.5, 0.6) is 0 Å². The molecule has 1 N–H and O–H groups in total. The molecule has 20 heavy (non-hydrogen) atoms. The number of hydrogen-bond donors (Lipinski definition) is 1. The summed E-state index contributed by atoms with van der Waals surface area (Å²) in [5, 5.41) is 12.1. The third-order valence-electron chi connectivity index (χ3n) is 3.37. The van der Waals surface area contributed by atoms with E-state index in [1.807, 2.05) is 6.07 Å². The van der Waals surface area contributed by atoms with Gasteiger partial charge in [0.25, 0.3) is 0 Å². The molecule has 0 atom stereocenters. The minimum atomic E-state index is -0.443. The second-order valence-corrected chi connectivity index (χ2v) is 5.70. The van der Waals surface area contributed by atoms with Gasteiger partial charge in [0.15, 0.2) is 0 Å². The van der Waals surface area contributed by atoms with E-state index in [4.69, 9.17) is 5.26 Å². The molecule has 0 aromatic heterocycles. The van der Waals surface area contributed by atoms with Crippen molar-refractivity contribution in [2.75, 3.05) is 6.54 Å². The summed E-state index contributed by atoms with van der Waals surface area (Å²) in [7, 11) is 0. The molecule has 1 rings (SSSR count). The Balaban J connectivity index is 2.11. The third kappa shape index (κ3) is 6.68. The van der Waals surface area contributed by atoms with Gasteiger partial charge in [-0.3, -0.25) is 0 Å². The van der Waals surface area contributed by atoms with E-state index in [0.29, 0.717) is 6.54 Å². The number of unbranched alkanes of at least 4 members (excludes halogenated alkanes) is 3. The number of rotatable bonds is 9. The van der Waals surface area contributed by atoms with Crippen molar-refractivity contribution in [3.05, 3.63) is 35.1 Å². The molecule has 0 saturated heterocycles. The van der Waals surface area contributed by atoms with E-state index >= 15 is 0 Å². The van der Waals surface area contributed by atoms with Gasteiger partial charge in [0.05, 0.1) is 5.56 Å². The summed E-state index contributed by atoms with van der Waals surface area (Å²) in [5.41, 5.74) is 1.08. The fraction of sp³-hybridized carbons (Fsp3) is 0.588. The van der Waals surface area contributed by atoms with Crippen LogP contribution >= 0.6 is 0 Å². The fourth-order valence-corrected chi connectivity index (χ4v) is 2.16.